The van der Waals surface area contributed by atoms with Gasteiger partial charge in [0.25, 0.3) is 5.91 Å². The number of nitrogens with one attached hydrogen (secondary N) is 1. The molecule has 96 valence electrons. The fourth-order valence-corrected chi connectivity index (χ4v) is 1.48. The summed E-state index contributed by atoms with van der Waals surface area (Å²) in [6.07, 6.45) is -3.44. The number of nitrogens with zero attached hydrogens (tertiary/aromatic N) is 1. The number of likely N-dealkylation sites (tertiary alicyclic amines) is 1. The quantitative estimate of drug-likeness (QED) is 0.775. The Morgan fingerprint density at radius 3 is 2.44 bits per heavy atom. The van der Waals surface area contributed by atoms with E-state index < -0.39 is 18.3 Å². The Kier molecular flexibility index (Phi) is 5.48. The lowest BCUT2D eigenvalue weighted by molar-refractivity contribution is -0.179. The molecular weight excluding hydrogens is 252 g/mol. The Balaban J connectivity index is 0.00000225. The summed E-state index contributed by atoms with van der Waals surface area (Å²) >= 11 is 0. The zero-order valence-electron chi connectivity index (χ0n) is 8.55. The molecule has 1 rings (SSSR count). The minimum atomic E-state index is -4.57. The Bertz CT molecular complexity index is 252. The van der Waals surface area contributed by atoms with Crippen molar-refractivity contribution in [1.29, 1.82) is 0 Å². The lowest BCUT2D eigenvalue weighted by Crippen LogP contribution is -2.47. The predicted molar refractivity (Wildman–Crippen MR) is 52.2 cm³/mol. The lowest BCUT2D eigenvalue weighted by Gasteiger charge is -2.22. The SMILES string of the molecule is CNC1CCN(C(=O)C(F)(F)C(F)F)C1.Cl. The van der Waals surface area contributed by atoms with Crippen LogP contribution < -0.4 is 5.32 Å². The largest absolute Gasteiger partial charge is 0.383 e. The van der Waals surface area contributed by atoms with Gasteiger partial charge in [0.2, 0.25) is 0 Å². The highest BCUT2D eigenvalue weighted by molar-refractivity contribution is 5.85. The molecule has 0 radical (unpaired) electrons. The first kappa shape index (κ1) is 15.4. The first-order chi connectivity index (χ1) is 6.89. The Hall–Kier alpha value is -0.560. The van der Waals surface area contributed by atoms with E-state index in [4.69, 9.17) is 0 Å². The second kappa shape index (κ2) is 5.67. The van der Waals surface area contributed by atoms with Crippen LogP contribution in [-0.4, -0.2) is 49.3 Å². The molecular formula is C8H13ClF4N2O. The fourth-order valence-electron chi connectivity index (χ4n) is 1.48. The molecule has 1 aliphatic rings. The molecule has 1 fully saturated rings. The van der Waals surface area contributed by atoms with Crippen molar-refractivity contribution in [3.8, 4) is 0 Å². The van der Waals surface area contributed by atoms with Crippen LogP contribution in [-0.2, 0) is 4.79 Å². The molecule has 0 aromatic heterocycles. The summed E-state index contributed by atoms with van der Waals surface area (Å²) < 4.78 is 49.1. The van der Waals surface area contributed by atoms with Crippen LogP contribution in [0, 0.1) is 0 Å². The van der Waals surface area contributed by atoms with Gasteiger partial charge in [0.05, 0.1) is 0 Å². The predicted octanol–water partition coefficient (Wildman–Crippen LogP) is 1.13. The average Bonchev–Trinajstić information content (AvgIpc) is 2.64. The van der Waals surface area contributed by atoms with Crippen molar-refractivity contribution < 1.29 is 22.4 Å². The topological polar surface area (TPSA) is 32.3 Å². The zero-order valence-corrected chi connectivity index (χ0v) is 9.37. The minimum absolute atomic E-state index is 0. The summed E-state index contributed by atoms with van der Waals surface area (Å²) in [4.78, 5) is 11.8. The second-order valence-electron chi connectivity index (χ2n) is 3.45. The van der Waals surface area contributed by atoms with Crippen LogP contribution in [0.3, 0.4) is 0 Å². The Morgan fingerprint density at radius 1 is 1.50 bits per heavy atom. The number of rotatable bonds is 3. The van der Waals surface area contributed by atoms with E-state index in [9.17, 15) is 22.4 Å². The molecule has 0 saturated carbocycles. The summed E-state index contributed by atoms with van der Waals surface area (Å²) in [6, 6.07) is -0.0950. The van der Waals surface area contributed by atoms with Crippen molar-refractivity contribution >= 4 is 18.3 Å². The number of carbonyl (C=O) groups is 1. The van der Waals surface area contributed by atoms with Gasteiger partial charge in [-0.15, -0.1) is 12.4 Å². The Morgan fingerprint density at radius 2 is 2.06 bits per heavy atom. The lowest BCUT2D eigenvalue weighted by atomic mass is 10.3. The van der Waals surface area contributed by atoms with Gasteiger partial charge in [-0.25, -0.2) is 8.78 Å². The van der Waals surface area contributed by atoms with E-state index in [1.165, 1.54) is 0 Å². The highest BCUT2D eigenvalue weighted by Crippen LogP contribution is 2.27. The molecule has 16 heavy (non-hydrogen) atoms. The molecule has 1 atom stereocenters. The molecule has 0 aromatic carbocycles. The van der Waals surface area contributed by atoms with Gasteiger partial charge in [0, 0.05) is 19.1 Å². The first-order valence-corrected chi connectivity index (χ1v) is 4.52. The van der Waals surface area contributed by atoms with E-state index >= 15 is 0 Å². The molecule has 0 bridgehead atoms. The number of hydrogen-bond acceptors (Lipinski definition) is 2. The van der Waals surface area contributed by atoms with Crippen molar-refractivity contribution in [2.75, 3.05) is 20.1 Å². The number of hydrogen-bond donors (Lipinski definition) is 1. The maximum Gasteiger partial charge on any atom is 0.383 e. The summed E-state index contributed by atoms with van der Waals surface area (Å²) in [5, 5.41) is 2.80. The Labute approximate surface area is 96.6 Å². The number of likely N-dealkylation sites (N-methyl/N-ethyl adjacent to an activating group) is 1. The smallest absolute Gasteiger partial charge is 0.336 e. The summed E-state index contributed by atoms with van der Waals surface area (Å²) in [5.41, 5.74) is 0. The van der Waals surface area contributed by atoms with Crippen LogP contribution in [0.15, 0.2) is 0 Å². The third-order valence-corrected chi connectivity index (χ3v) is 2.44. The van der Waals surface area contributed by atoms with Crippen LogP contribution in [0.5, 0.6) is 0 Å². The molecule has 1 saturated heterocycles. The van der Waals surface area contributed by atoms with Crippen LogP contribution in [0.25, 0.3) is 0 Å². The normalized spacial score (nSPS) is 21.1. The summed E-state index contributed by atoms with van der Waals surface area (Å²) in [5.74, 6) is -6.35. The molecule has 0 spiro atoms. The standard InChI is InChI=1S/C8H12F4N2O.ClH/c1-13-5-2-3-14(4-5)7(15)8(11,12)6(9)10;/h5-6,13H,2-4H2,1H3;1H. The summed E-state index contributed by atoms with van der Waals surface area (Å²) in [7, 11) is 1.63. The maximum absolute atomic E-state index is 12.7. The third-order valence-electron chi connectivity index (χ3n) is 2.44. The van der Waals surface area contributed by atoms with Gasteiger partial charge in [-0.2, -0.15) is 8.78 Å². The molecule has 1 amide bonds. The third kappa shape index (κ3) is 2.98. The number of carbonyl (C=O) groups excluding carboxylic acids is 1. The van der Waals surface area contributed by atoms with Crippen molar-refractivity contribution in [2.45, 2.75) is 24.8 Å². The highest BCUT2D eigenvalue weighted by Gasteiger charge is 2.52. The second-order valence-corrected chi connectivity index (χ2v) is 3.45. The zero-order chi connectivity index (χ0) is 11.6. The van der Waals surface area contributed by atoms with E-state index in [2.05, 4.69) is 5.32 Å². The minimum Gasteiger partial charge on any atom is -0.336 e. The molecule has 1 unspecified atom stereocenters. The monoisotopic (exact) mass is 264 g/mol. The van der Waals surface area contributed by atoms with Gasteiger partial charge in [0.15, 0.2) is 0 Å². The van der Waals surface area contributed by atoms with E-state index in [1.807, 2.05) is 0 Å². The molecule has 0 aromatic rings. The number of alkyl halides is 4. The van der Waals surface area contributed by atoms with E-state index in [0.29, 0.717) is 6.42 Å². The van der Waals surface area contributed by atoms with Crippen LogP contribution in [0.2, 0.25) is 0 Å². The van der Waals surface area contributed by atoms with Gasteiger partial charge in [-0.1, -0.05) is 0 Å². The fraction of sp³-hybridized carbons (Fsp3) is 0.875. The van der Waals surface area contributed by atoms with Gasteiger partial charge in [-0.05, 0) is 13.5 Å². The van der Waals surface area contributed by atoms with Crippen molar-refractivity contribution in [1.82, 2.24) is 10.2 Å². The maximum atomic E-state index is 12.7. The van der Waals surface area contributed by atoms with Gasteiger partial charge >= 0.3 is 12.3 Å². The van der Waals surface area contributed by atoms with E-state index in [1.54, 1.807) is 7.05 Å². The molecule has 1 aliphatic heterocycles. The number of halogens is 5. The van der Waals surface area contributed by atoms with Crippen molar-refractivity contribution in [3.05, 3.63) is 0 Å². The highest BCUT2D eigenvalue weighted by atomic mass is 35.5. The molecule has 8 heteroatoms. The van der Waals surface area contributed by atoms with Crippen LogP contribution >= 0.6 is 12.4 Å². The van der Waals surface area contributed by atoms with E-state index in [-0.39, 0.29) is 31.5 Å². The van der Waals surface area contributed by atoms with Crippen LogP contribution in [0.4, 0.5) is 17.6 Å². The first-order valence-electron chi connectivity index (χ1n) is 4.52. The van der Waals surface area contributed by atoms with Crippen LogP contribution in [0.1, 0.15) is 6.42 Å². The van der Waals surface area contributed by atoms with Crippen molar-refractivity contribution in [2.24, 2.45) is 0 Å². The molecule has 0 aliphatic carbocycles. The number of amides is 1. The molecule has 1 heterocycles. The average molecular weight is 265 g/mol. The van der Waals surface area contributed by atoms with E-state index in [0.717, 1.165) is 4.90 Å². The van der Waals surface area contributed by atoms with Crippen molar-refractivity contribution in [3.63, 3.8) is 0 Å². The summed E-state index contributed by atoms with van der Waals surface area (Å²) in [6.45, 7) is 0.143. The van der Waals surface area contributed by atoms with Gasteiger partial charge < -0.3 is 10.2 Å². The molecule has 3 nitrogen and oxygen atoms in total. The van der Waals surface area contributed by atoms with Gasteiger partial charge in [-0.3, -0.25) is 4.79 Å². The molecule has 1 N–H and O–H groups in total. The van der Waals surface area contributed by atoms with Gasteiger partial charge in [0.1, 0.15) is 0 Å².